The normalized spacial score (nSPS) is 12.5. The van der Waals surface area contributed by atoms with Gasteiger partial charge >= 0.3 is 0 Å². The van der Waals surface area contributed by atoms with Crippen LogP contribution in [0.4, 0.5) is 5.69 Å². The van der Waals surface area contributed by atoms with Gasteiger partial charge in [-0.25, -0.2) is 4.90 Å². The molecule has 0 spiro atoms. The summed E-state index contributed by atoms with van der Waals surface area (Å²) in [4.78, 5) is 53.0. The molecule has 0 aromatic heterocycles. The van der Waals surface area contributed by atoms with Crippen LogP contribution in [0, 0.1) is 0 Å². The zero-order valence-corrected chi connectivity index (χ0v) is 17.8. The predicted octanol–water partition coefficient (Wildman–Crippen LogP) is 2.48. The van der Waals surface area contributed by atoms with Crippen LogP contribution in [0.1, 0.15) is 51.8 Å². The Balaban J connectivity index is 1.85. The molecule has 0 radical (unpaired) electrons. The predicted molar refractivity (Wildman–Crippen MR) is 115 cm³/mol. The van der Waals surface area contributed by atoms with Crippen LogP contribution in [0.3, 0.4) is 0 Å². The van der Waals surface area contributed by atoms with Gasteiger partial charge in [-0.1, -0.05) is 0 Å². The lowest BCUT2D eigenvalue weighted by atomic mass is 10.0. The van der Waals surface area contributed by atoms with Gasteiger partial charge in [-0.05, 0) is 63.2 Å². The zero-order chi connectivity index (χ0) is 22.5. The minimum absolute atomic E-state index is 0.0779. The number of ether oxygens (including phenoxy) is 1. The van der Waals surface area contributed by atoms with Crippen LogP contribution in [0.25, 0.3) is 0 Å². The number of likely N-dealkylation sites (N-methyl/N-ethyl adjacent to an activating group) is 2. The first-order chi connectivity index (χ1) is 14.9. The molecule has 0 saturated heterocycles. The van der Waals surface area contributed by atoms with Crippen molar-refractivity contribution in [1.82, 2.24) is 10.2 Å². The highest BCUT2D eigenvalue weighted by atomic mass is 16.5. The van der Waals surface area contributed by atoms with Crippen LogP contribution >= 0.6 is 0 Å². The topological polar surface area (TPSA) is 96.0 Å². The van der Waals surface area contributed by atoms with Crippen molar-refractivity contribution < 1.29 is 23.9 Å². The van der Waals surface area contributed by atoms with Gasteiger partial charge in [0.2, 0.25) is 5.91 Å². The molecule has 2 aromatic rings. The molecule has 162 valence electrons. The first-order valence-corrected chi connectivity index (χ1v) is 10.2. The van der Waals surface area contributed by atoms with Crippen molar-refractivity contribution in [3.63, 3.8) is 0 Å². The molecule has 0 fully saturated rings. The summed E-state index contributed by atoms with van der Waals surface area (Å²) in [5.74, 6) is -0.936. The molecule has 3 rings (SSSR count). The third-order valence-electron chi connectivity index (χ3n) is 4.92. The number of rotatable bonds is 8. The molecule has 31 heavy (non-hydrogen) atoms. The van der Waals surface area contributed by atoms with E-state index in [0.29, 0.717) is 31.1 Å². The molecule has 0 atom stereocenters. The molecule has 0 bridgehead atoms. The van der Waals surface area contributed by atoms with Crippen molar-refractivity contribution in [2.75, 3.05) is 31.1 Å². The van der Waals surface area contributed by atoms with Crippen molar-refractivity contribution in [1.29, 1.82) is 0 Å². The Morgan fingerprint density at radius 2 is 1.65 bits per heavy atom. The highest BCUT2D eigenvalue weighted by Crippen LogP contribution is 2.30. The molecule has 1 aliphatic heterocycles. The quantitative estimate of drug-likeness (QED) is 0.658. The average molecular weight is 423 g/mol. The Kier molecular flexibility index (Phi) is 6.69. The van der Waals surface area contributed by atoms with Crippen LogP contribution in [0.2, 0.25) is 0 Å². The second kappa shape index (κ2) is 9.42. The molecule has 0 saturated carbocycles. The van der Waals surface area contributed by atoms with Crippen molar-refractivity contribution >= 4 is 29.3 Å². The van der Waals surface area contributed by atoms with Crippen molar-refractivity contribution in [3.05, 3.63) is 59.2 Å². The lowest BCUT2D eigenvalue weighted by Crippen LogP contribution is -2.40. The van der Waals surface area contributed by atoms with Gasteiger partial charge in [0.25, 0.3) is 17.7 Å². The van der Waals surface area contributed by atoms with Crippen molar-refractivity contribution in [2.24, 2.45) is 0 Å². The van der Waals surface area contributed by atoms with E-state index in [9.17, 15) is 19.2 Å². The summed E-state index contributed by atoms with van der Waals surface area (Å²) in [6.45, 7) is 6.68. The summed E-state index contributed by atoms with van der Waals surface area (Å²) in [7, 11) is 0. The van der Waals surface area contributed by atoms with Crippen LogP contribution in [-0.2, 0) is 4.79 Å². The maximum absolute atomic E-state index is 13.0. The van der Waals surface area contributed by atoms with Gasteiger partial charge in [-0.2, -0.15) is 0 Å². The summed E-state index contributed by atoms with van der Waals surface area (Å²) in [5, 5.41) is 2.66. The number of fused-ring (bicyclic) bond motifs is 1. The first kappa shape index (κ1) is 22.0. The van der Waals surface area contributed by atoms with Crippen LogP contribution in [0.5, 0.6) is 5.75 Å². The van der Waals surface area contributed by atoms with E-state index < -0.39 is 11.8 Å². The smallest absolute Gasteiger partial charge is 0.266 e. The maximum atomic E-state index is 13.0. The van der Waals surface area contributed by atoms with Gasteiger partial charge in [0.05, 0.1) is 30.0 Å². The Bertz CT molecular complexity index is 1020. The molecule has 0 unspecified atom stereocenters. The molecule has 1 aliphatic rings. The highest BCUT2D eigenvalue weighted by molar-refractivity contribution is 6.34. The number of benzene rings is 2. The van der Waals surface area contributed by atoms with Gasteiger partial charge in [-0.3, -0.25) is 19.2 Å². The summed E-state index contributed by atoms with van der Waals surface area (Å²) in [5.41, 5.74) is 1.08. The standard InChI is InChI=1S/C23H25N3O5/c1-4-24-20(27)14-25(5-2)21(28)15-7-12-18-19(13-15)23(30)26(22(18)29)16-8-10-17(11-9-16)31-6-3/h7-13H,4-6,14H2,1-3H3,(H,24,27). The fraction of sp³-hybridized carbons (Fsp3) is 0.304. The van der Waals surface area contributed by atoms with Gasteiger partial charge in [-0.15, -0.1) is 0 Å². The maximum Gasteiger partial charge on any atom is 0.266 e. The van der Waals surface area contributed by atoms with E-state index in [1.54, 1.807) is 38.1 Å². The number of hydrogen-bond acceptors (Lipinski definition) is 5. The second-order valence-electron chi connectivity index (χ2n) is 6.91. The SMILES string of the molecule is CCNC(=O)CN(CC)C(=O)c1ccc2c(c1)C(=O)N(c1ccc(OCC)cc1)C2=O. The Morgan fingerprint density at radius 3 is 2.26 bits per heavy atom. The molecule has 8 nitrogen and oxygen atoms in total. The lowest BCUT2D eigenvalue weighted by molar-refractivity contribution is -0.121. The van der Waals surface area contributed by atoms with Gasteiger partial charge in [0.15, 0.2) is 0 Å². The zero-order valence-electron chi connectivity index (χ0n) is 17.8. The number of anilines is 1. The van der Waals surface area contributed by atoms with E-state index >= 15 is 0 Å². The van der Waals surface area contributed by atoms with E-state index in [1.807, 2.05) is 6.92 Å². The van der Waals surface area contributed by atoms with Gasteiger partial charge < -0.3 is 15.0 Å². The number of hydrogen-bond donors (Lipinski definition) is 1. The molecular formula is C23H25N3O5. The Hall–Kier alpha value is -3.68. The number of nitrogens with one attached hydrogen (secondary N) is 1. The summed E-state index contributed by atoms with van der Waals surface area (Å²) < 4.78 is 5.40. The largest absolute Gasteiger partial charge is 0.494 e. The van der Waals surface area contributed by atoms with Crippen LogP contribution < -0.4 is 15.0 Å². The second-order valence-corrected chi connectivity index (χ2v) is 6.91. The number of carbonyl (C=O) groups excluding carboxylic acids is 4. The minimum atomic E-state index is -0.495. The lowest BCUT2D eigenvalue weighted by Gasteiger charge is -2.20. The molecule has 2 aromatic carbocycles. The van der Waals surface area contributed by atoms with E-state index in [4.69, 9.17) is 4.74 Å². The first-order valence-electron chi connectivity index (χ1n) is 10.2. The molecule has 8 heteroatoms. The molecule has 1 N–H and O–H groups in total. The van der Waals surface area contributed by atoms with E-state index in [2.05, 4.69) is 5.32 Å². The summed E-state index contributed by atoms with van der Waals surface area (Å²) >= 11 is 0. The number of nitrogens with zero attached hydrogens (tertiary/aromatic N) is 2. The minimum Gasteiger partial charge on any atom is -0.494 e. The fourth-order valence-corrected chi connectivity index (χ4v) is 3.40. The van der Waals surface area contributed by atoms with E-state index in [1.165, 1.54) is 23.1 Å². The fourth-order valence-electron chi connectivity index (χ4n) is 3.40. The monoisotopic (exact) mass is 423 g/mol. The Labute approximate surface area is 180 Å². The molecule has 4 amide bonds. The van der Waals surface area contributed by atoms with Crippen molar-refractivity contribution in [3.8, 4) is 5.75 Å². The third-order valence-corrected chi connectivity index (χ3v) is 4.92. The van der Waals surface area contributed by atoms with E-state index in [0.717, 1.165) is 4.90 Å². The molecule has 0 aliphatic carbocycles. The van der Waals surface area contributed by atoms with Crippen molar-refractivity contribution in [2.45, 2.75) is 20.8 Å². The van der Waals surface area contributed by atoms with Crippen LogP contribution in [0.15, 0.2) is 42.5 Å². The van der Waals surface area contributed by atoms with Gasteiger partial charge in [0, 0.05) is 18.7 Å². The molecular weight excluding hydrogens is 398 g/mol. The highest BCUT2D eigenvalue weighted by Gasteiger charge is 2.37. The van der Waals surface area contributed by atoms with Crippen LogP contribution in [-0.4, -0.2) is 54.8 Å². The van der Waals surface area contributed by atoms with Gasteiger partial charge in [0.1, 0.15) is 5.75 Å². The average Bonchev–Trinajstić information content (AvgIpc) is 3.02. The van der Waals surface area contributed by atoms with E-state index in [-0.39, 0.29) is 35.0 Å². The third kappa shape index (κ3) is 4.42. The Morgan fingerprint density at radius 1 is 0.968 bits per heavy atom. The number of carbonyl (C=O) groups is 4. The summed E-state index contributed by atoms with van der Waals surface area (Å²) in [6.07, 6.45) is 0. The number of amides is 4. The molecule has 1 heterocycles. The number of imide groups is 1. The summed E-state index contributed by atoms with van der Waals surface area (Å²) in [6, 6.07) is 11.1.